The van der Waals surface area contributed by atoms with E-state index in [2.05, 4.69) is 10.3 Å². The van der Waals surface area contributed by atoms with Gasteiger partial charge in [-0.2, -0.15) is 13.2 Å². The first-order valence-corrected chi connectivity index (χ1v) is 6.47. The van der Waals surface area contributed by atoms with Crippen LogP contribution < -0.4 is 15.2 Å². The highest BCUT2D eigenvalue weighted by atomic mass is 19.4. The number of piperidine rings is 1. The van der Waals surface area contributed by atoms with Crippen molar-refractivity contribution >= 4 is 11.7 Å². The lowest BCUT2D eigenvalue weighted by atomic mass is 9.96. The number of pyridine rings is 1. The zero-order valence-corrected chi connectivity index (χ0v) is 11.1. The molecule has 20 heavy (non-hydrogen) atoms. The van der Waals surface area contributed by atoms with E-state index in [9.17, 15) is 18.0 Å². The molecule has 0 atom stereocenters. The van der Waals surface area contributed by atoms with E-state index in [4.69, 9.17) is 0 Å². The van der Waals surface area contributed by atoms with Crippen molar-refractivity contribution in [1.29, 1.82) is 0 Å². The standard InChI is InChI=1S/C13H16F3N3O/c1-17-12(20)9-4-6-19(7-5-9)11-3-2-10(8-18-11)13(14,15)16/h2-3,8-9H,4-7H2,1H3,(H,17,20)/p+1. The van der Waals surface area contributed by atoms with Gasteiger partial charge in [0.15, 0.2) is 0 Å². The van der Waals surface area contributed by atoms with Crippen molar-refractivity contribution in [2.75, 3.05) is 25.0 Å². The molecule has 1 amide bonds. The zero-order valence-electron chi connectivity index (χ0n) is 11.1. The van der Waals surface area contributed by atoms with Gasteiger partial charge in [-0.05, 0) is 18.9 Å². The molecule has 7 heteroatoms. The number of nitrogens with one attached hydrogen (secondary N) is 2. The first-order chi connectivity index (χ1) is 9.41. The maximum Gasteiger partial charge on any atom is 0.419 e. The third kappa shape index (κ3) is 3.20. The minimum absolute atomic E-state index is 0.00861. The molecular formula is C13H17F3N3O+. The summed E-state index contributed by atoms with van der Waals surface area (Å²) in [7, 11) is 1.61. The number of H-pyrrole nitrogens is 1. The van der Waals surface area contributed by atoms with Crippen LogP contribution >= 0.6 is 0 Å². The number of hydrogen-bond acceptors (Lipinski definition) is 2. The first-order valence-electron chi connectivity index (χ1n) is 6.47. The molecule has 1 aromatic heterocycles. The number of alkyl halides is 3. The molecule has 2 rings (SSSR count). The fourth-order valence-corrected chi connectivity index (χ4v) is 2.38. The van der Waals surface area contributed by atoms with E-state index in [-0.39, 0.29) is 11.8 Å². The van der Waals surface area contributed by atoms with E-state index in [1.54, 1.807) is 7.05 Å². The van der Waals surface area contributed by atoms with E-state index in [0.717, 1.165) is 12.3 Å². The predicted molar refractivity (Wildman–Crippen MR) is 67.0 cm³/mol. The topological polar surface area (TPSA) is 46.5 Å². The molecule has 0 unspecified atom stereocenters. The van der Waals surface area contributed by atoms with Crippen molar-refractivity contribution in [3.05, 3.63) is 23.9 Å². The van der Waals surface area contributed by atoms with Crippen LogP contribution in [0.5, 0.6) is 0 Å². The Hall–Kier alpha value is -1.79. The number of amides is 1. The molecule has 2 heterocycles. The second-order valence-corrected chi connectivity index (χ2v) is 4.84. The molecule has 0 saturated carbocycles. The van der Waals surface area contributed by atoms with Gasteiger partial charge in [-0.25, -0.2) is 4.98 Å². The molecule has 1 aliphatic rings. The number of carbonyl (C=O) groups excluding carboxylic acids is 1. The van der Waals surface area contributed by atoms with Gasteiger partial charge in [0.05, 0.1) is 18.7 Å². The lowest BCUT2D eigenvalue weighted by molar-refractivity contribution is -0.367. The monoisotopic (exact) mass is 288 g/mol. The molecule has 1 aliphatic heterocycles. The van der Waals surface area contributed by atoms with Gasteiger partial charge in [0.1, 0.15) is 6.20 Å². The lowest BCUT2D eigenvalue weighted by Crippen LogP contribution is -2.41. The van der Waals surface area contributed by atoms with Crippen LogP contribution in [0.25, 0.3) is 0 Å². The van der Waals surface area contributed by atoms with Gasteiger partial charge >= 0.3 is 6.18 Å². The Bertz CT molecular complexity index is 465. The Morgan fingerprint density at radius 1 is 1.35 bits per heavy atom. The van der Waals surface area contributed by atoms with E-state index >= 15 is 0 Å². The third-order valence-corrected chi connectivity index (χ3v) is 3.58. The summed E-state index contributed by atoms with van der Waals surface area (Å²) in [5.41, 5.74) is -0.693. The number of carbonyl (C=O) groups is 1. The summed E-state index contributed by atoms with van der Waals surface area (Å²) in [6, 6.07) is 2.50. The van der Waals surface area contributed by atoms with Gasteiger partial charge in [-0.3, -0.25) is 9.69 Å². The van der Waals surface area contributed by atoms with Crippen LogP contribution in [0.15, 0.2) is 18.3 Å². The molecule has 0 spiro atoms. The number of nitrogens with zero attached hydrogens (tertiary/aromatic N) is 1. The van der Waals surface area contributed by atoms with Crippen LogP contribution in [0, 0.1) is 5.92 Å². The van der Waals surface area contributed by atoms with Crippen molar-refractivity contribution in [3.63, 3.8) is 0 Å². The quantitative estimate of drug-likeness (QED) is 0.896. The van der Waals surface area contributed by atoms with Crippen LogP contribution in [-0.2, 0) is 11.0 Å². The van der Waals surface area contributed by atoms with Crippen molar-refractivity contribution in [2.24, 2.45) is 5.92 Å². The summed E-state index contributed by atoms with van der Waals surface area (Å²) < 4.78 is 37.4. The molecule has 1 fully saturated rings. The summed E-state index contributed by atoms with van der Waals surface area (Å²) >= 11 is 0. The number of halogens is 3. The van der Waals surface area contributed by atoms with Crippen molar-refractivity contribution in [2.45, 2.75) is 19.0 Å². The number of aromatic nitrogens is 1. The van der Waals surface area contributed by atoms with Gasteiger partial charge in [-0.15, -0.1) is 0 Å². The Balaban J connectivity index is 1.99. The van der Waals surface area contributed by atoms with Crippen molar-refractivity contribution in [1.82, 2.24) is 5.32 Å². The lowest BCUT2D eigenvalue weighted by Gasteiger charge is -2.26. The normalized spacial score (nSPS) is 17.1. The summed E-state index contributed by atoms with van der Waals surface area (Å²) in [5.74, 6) is 0.667. The molecule has 2 N–H and O–H groups in total. The third-order valence-electron chi connectivity index (χ3n) is 3.58. The molecule has 1 aromatic rings. The molecule has 110 valence electrons. The van der Waals surface area contributed by atoms with Gasteiger partial charge in [-0.1, -0.05) is 0 Å². The largest absolute Gasteiger partial charge is 0.419 e. The number of hydrogen-bond donors (Lipinski definition) is 1. The fraction of sp³-hybridized carbons (Fsp3) is 0.538. The van der Waals surface area contributed by atoms with Crippen LogP contribution in [-0.4, -0.2) is 26.0 Å². The number of aromatic amines is 1. The second-order valence-electron chi connectivity index (χ2n) is 4.84. The molecule has 4 nitrogen and oxygen atoms in total. The highest BCUT2D eigenvalue weighted by Crippen LogP contribution is 2.29. The summed E-state index contributed by atoms with van der Waals surface area (Å²) in [4.78, 5) is 16.1. The molecule has 1 saturated heterocycles. The van der Waals surface area contributed by atoms with E-state index in [0.29, 0.717) is 31.7 Å². The Morgan fingerprint density at radius 3 is 2.45 bits per heavy atom. The Morgan fingerprint density at radius 2 is 2.00 bits per heavy atom. The SMILES string of the molecule is CNC(=O)C1CCN(c2ccc(C(F)(F)F)c[nH+]2)CC1. The van der Waals surface area contributed by atoms with Crippen LogP contribution in [0.4, 0.5) is 19.0 Å². The predicted octanol–water partition coefficient (Wildman–Crippen LogP) is 1.48. The minimum atomic E-state index is -4.33. The first kappa shape index (κ1) is 14.6. The Labute approximate surface area is 115 Å². The minimum Gasteiger partial charge on any atom is -0.359 e. The molecule has 0 aliphatic carbocycles. The van der Waals surface area contributed by atoms with Gasteiger partial charge < -0.3 is 5.32 Å². The maximum atomic E-state index is 12.5. The van der Waals surface area contributed by atoms with Gasteiger partial charge in [0.25, 0.3) is 5.82 Å². The average Bonchev–Trinajstić information content (AvgIpc) is 2.46. The summed E-state index contributed by atoms with van der Waals surface area (Å²) in [6.45, 7) is 1.31. The zero-order chi connectivity index (χ0) is 14.8. The van der Waals surface area contributed by atoms with Crippen molar-refractivity contribution in [3.8, 4) is 0 Å². The van der Waals surface area contributed by atoms with Crippen LogP contribution in [0.2, 0.25) is 0 Å². The van der Waals surface area contributed by atoms with Crippen LogP contribution in [0.3, 0.4) is 0 Å². The highest BCUT2D eigenvalue weighted by Gasteiger charge is 2.33. The van der Waals surface area contributed by atoms with E-state index in [1.165, 1.54) is 6.07 Å². The number of rotatable bonds is 2. The molecule has 0 bridgehead atoms. The maximum absolute atomic E-state index is 12.5. The molecule has 0 radical (unpaired) electrons. The highest BCUT2D eigenvalue weighted by molar-refractivity contribution is 5.78. The van der Waals surface area contributed by atoms with E-state index < -0.39 is 11.7 Å². The van der Waals surface area contributed by atoms with E-state index in [1.807, 2.05) is 4.90 Å². The summed E-state index contributed by atoms with van der Waals surface area (Å²) in [5, 5.41) is 2.62. The smallest absolute Gasteiger partial charge is 0.359 e. The van der Waals surface area contributed by atoms with Gasteiger partial charge in [0, 0.05) is 19.0 Å². The fourth-order valence-electron chi connectivity index (χ4n) is 2.38. The number of anilines is 1. The summed E-state index contributed by atoms with van der Waals surface area (Å²) in [6.07, 6.45) is -1.95. The van der Waals surface area contributed by atoms with Crippen molar-refractivity contribution < 1.29 is 22.9 Å². The Kier molecular flexibility index (Phi) is 4.15. The molecule has 0 aromatic carbocycles. The molecular weight excluding hydrogens is 271 g/mol. The average molecular weight is 288 g/mol. The van der Waals surface area contributed by atoms with Crippen LogP contribution in [0.1, 0.15) is 18.4 Å². The second kappa shape index (κ2) is 5.68. The van der Waals surface area contributed by atoms with Gasteiger partial charge in [0.2, 0.25) is 5.91 Å².